The van der Waals surface area contributed by atoms with Gasteiger partial charge >= 0.3 is 0 Å². The first-order chi connectivity index (χ1) is 10.2. The lowest BCUT2D eigenvalue weighted by Crippen LogP contribution is -2.21. The highest BCUT2D eigenvalue weighted by atomic mass is 35.5. The van der Waals surface area contributed by atoms with Gasteiger partial charge in [-0.2, -0.15) is 0 Å². The number of methoxy groups -OCH3 is 1. The molecule has 0 spiro atoms. The maximum absolute atomic E-state index is 5.96. The Morgan fingerprint density at radius 1 is 0.952 bits per heavy atom. The molecule has 2 aromatic carbocycles. The molecule has 2 N–H and O–H groups in total. The van der Waals surface area contributed by atoms with Crippen LogP contribution >= 0.6 is 23.2 Å². The van der Waals surface area contributed by atoms with Gasteiger partial charge in [0, 0.05) is 25.3 Å². The van der Waals surface area contributed by atoms with Crippen molar-refractivity contribution < 1.29 is 4.74 Å². The molecule has 0 fully saturated rings. The van der Waals surface area contributed by atoms with Gasteiger partial charge in [0.15, 0.2) is 0 Å². The zero-order valence-corrected chi connectivity index (χ0v) is 13.3. The van der Waals surface area contributed by atoms with E-state index in [0.29, 0.717) is 10.0 Å². The van der Waals surface area contributed by atoms with Gasteiger partial charge in [-0.25, -0.2) is 0 Å². The highest BCUT2D eigenvalue weighted by Crippen LogP contribution is 2.24. The molecule has 0 aliphatic heterocycles. The summed E-state index contributed by atoms with van der Waals surface area (Å²) in [6.07, 6.45) is 0. The molecule has 0 heterocycles. The smallest absolute Gasteiger partial charge is 0.118 e. The maximum Gasteiger partial charge on any atom is 0.118 e. The minimum atomic E-state index is 0.563. The lowest BCUT2D eigenvalue weighted by Gasteiger charge is -2.09. The van der Waals surface area contributed by atoms with E-state index in [1.54, 1.807) is 13.2 Å². The highest BCUT2D eigenvalue weighted by Gasteiger charge is 1.99. The van der Waals surface area contributed by atoms with Crippen LogP contribution in [0.15, 0.2) is 42.5 Å². The van der Waals surface area contributed by atoms with Crippen molar-refractivity contribution >= 4 is 28.9 Å². The van der Waals surface area contributed by atoms with E-state index in [4.69, 9.17) is 27.9 Å². The Bertz CT molecular complexity index is 573. The molecule has 2 aromatic rings. The van der Waals surface area contributed by atoms with Crippen LogP contribution in [-0.4, -0.2) is 20.2 Å². The summed E-state index contributed by atoms with van der Waals surface area (Å²) >= 11 is 11.8. The Kier molecular flexibility index (Phi) is 6.18. The van der Waals surface area contributed by atoms with Crippen LogP contribution in [0.1, 0.15) is 5.56 Å². The second-order valence-corrected chi connectivity index (χ2v) is 5.39. The van der Waals surface area contributed by atoms with Crippen LogP contribution in [0.25, 0.3) is 0 Å². The maximum atomic E-state index is 5.96. The van der Waals surface area contributed by atoms with Gasteiger partial charge in [0.2, 0.25) is 0 Å². The first-order valence-corrected chi connectivity index (χ1v) is 7.47. The molecule has 0 saturated heterocycles. The van der Waals surface area contributed by atoms with Crippen molar-refractivity contribution in [1.82, 2.24) is 5.32 Å². The average molecular weight is 325 g/mol. The summed E-state index contributed by atoms with van der Waals surface area (Å²) in [6.45, 7) is 2.49. The monoisotopic (exact) mass is 324 g/mol. The Hall–Kier alpha value is -1.42. The molecule has 112 valence electrons. The Balaban J connectivity index is 1.68. The van der Waals surface area contributed by atoms with Crippen molar-refractivity contribution in [2.24, 2.45) is 0 Å². The summed E-state index contributed by atoms with van der Waals surface area (Å²) in [4.78, 5) is 0. The van der Waals surface area contributed by atoms with E-state index >= 15 is 0 Å². The van der Waals surface area contributed by atoms with Gasteiger partial charge in [-0.05, 0) is 35.9 Å². The molecule has 0 atom stereocenters. The van der Waals surface area contributed by atoms with E-state index in [9.17, 15) is 0 Å². The second kappa shape index (κ2) is 8.13. The molecule has 5 heteroatoms. The van der Waals surface area contributed by atoms with Crippen molar-refractivity contribution in [2.75, 3.05) is 25.5 Å². The van der Waals surface area contributed by atoms with Gasteiger partial charge in [0.1, 0.15) is 5.75 Å². The van der Waals surface area contributed by atoms with Gasteiger partial charge in [-0.15, -0.1) is 0 Å². The predicted octanol–water partition coefficient (Wildman–Crippen LogP) is 4.20. The molecule has 0 unspecified atom stereocenters. The minimum absolute atomic E-state index is 0.563. The lowest BCUT2D eigenvalue weighted by atomic mass is 10.2. The molecule has 2 rings (SSSR count). The van der Waals surface area contributed by atoms with E-state index in [1.807, 2.05) is 24.3 Å². The van der Waals surface area contributed by atoms with Crippen LogP contribution in [0, 0.1) is 0 Å². The van der Waals surface area contributed by atoms with E-state index in [2.05, 4.69) is 22.8 Å². The summed E-state index contributed by atoms with van der Waals surface area (Å²) in [5.74, 6) is 0.875. The number of rotatable bonds is 7. The number of hydrogen-bond acceptors (Lipinski definition) is 3. The van der Waals surface area contributed by atoms with Crippen LogP contribution in [0.4, 0.5) is 5.69 Å². The topological polar surface area (TPSA) is 33.3 Å². The summed E-state index contributed by atoms with van der Waals surface area (Å²) < 4.78 is 5.13. The normalized spacial score (nSPS) is 10.4. The summed E-state index contributed by atoms with van der Waals surface area (Å²) in [7, 11) is 1.67. The second-order valence-electron chi connectivity index (χ2n) is 4.58. The SMILES string of the molecule is COc1ccc(CNCCNc2ccc(Cl)c(Cl)c2)cc1. The molecule has 3 nitrogen and oxygen atoms in total. The number of hydrogen-bond donors (Lipinski definition) is 2. The molecule has 0 aliphatic carbocycles. The van der Waals surface area contributed by atoms with E-state index in [0.717, 1.165) is 31.1 Å². The average Bonchev–Trinajstić information content (AvgIpc) is 2.51. The van der Waals surface area contributed by atoms with Gasteiger partial charge < -0.3 is 15.4 Å². The summed E-state index contributed by atoms with van der Waals surface area (Å²) in [6, 6.07) is 13.6. The first-order valence-electron chi connectivity index (χ1n) is 6.71. The molecule has 0 radical (unpaired) electrons. The van der Waals surface area contributed by atoms with Crippen LogP contribution in [0.2, 0.25) is 10.0 Å². The summed E-state index contributed by atoms with van der Waals surface area (Å²) in [5, 5.41) is 7.80. The third-order valence-corrected chi connectivity index (χ3v) is 3.78. The van der Waals surface area contributed by atoms with Gasteiger partial charge in [0.25, 0.3) is 0 Å². The number of anilines is 1. The summed E-state index contributed by atoms with van der Waals surface area (Å²) in [5.41, 5.74) is 2.20. The van der Waals surface area contributed by atoms with Gasteiger partial charge in [-0.3, -0.25) is 0 Å². The van der Waals surface area contributed by atoms with Crippen LogP contribution in [0.3, 0.4) is 0 Å². The Morgan fingerprint density at radius 3 is 2.38 bits per heavy atom. The fraction of sp³-hybridized carbons (Fsp3) is 0.250. The van der Waals surface area contributed by atoms with Crippen molar-refractivity contribution in [3.05, 3.63) is 58.1 Å². The molecule has 0 saturated carbocycles. The standard InChI is InChI=1S/C16H18Cl2N2O/c1-21-14-5-2-12(3-6-14)11-19-8-9-20-13-4-7-15(17)16(18)10-13/h2-7,10,19-20H,8-9,11H2,1H3. The molecule has 0 bridgehead atoms. The van der Waals surface area contributed by atoms with Crippen molar-refractivity contribution in [2.45, 2.75) is 6.54 Å². The number of benzene rings is 2. The molecular formula is C16H18Cl2N2O. The third-order valence-electron chi connectivity index (χ3n) is 3.04. The quantitative estimate of drug-likeness (QED) is 0.749. The largest absolute Gasteiger partial charge is 0.497 e. The van der Waals surface area contributed by atoms with Crippen LogP contribution in [0.5, 0.6) is 5.75 Å². The highest BCUT2D eigenvalue weighted by molar-refractivity contribution is 6.42. The number of halogens is 2. The fourth-order valence-corrected chi connectivity index (χ4v) is 2.18. The molecule has 21 heavy (non-hydrogen) atoms. The van der Waals surface area contributed by atoms with Crippen molar-refractivity contribution in [3.63, 3.8) is 0 Å². The Morgan fingerprint density at radius 2 is 1.71 bits per heavy atom. The molecule has 0 amide bonds. The fourth-order valence-electron chi connectivity index (χ4n) is 1.88. The first kappa shape index (κ1) is 16.0. The van der Waals surface area contributed by atoms with Crippen molar-refractivity contribution in [1.29, 1.82) is 0 Å². The van der Waals surface area contributed by atoms with E-state index in [1.165, 1.54) is 5.56 Å². The lowest BCUT2D eigenvalue weighted by molar-refractivity contribution is 0.414. The third kappa shape index (κ3) is 5.12. The van der Waals surface area contributed by atoms with E-state index < -0.39 is 0 Å². The van der Waals surface area contributed by atoms with Crippen LogP contribution in [-0.2, 0) is 6.54 Å². The van der Waals surface area contributed by atoms with Gasteiger partial charge in [0.05, 0.1) is 17.2 Å². The zero-order chi connectivity index (χ0) is 15.1. The van der Waals surface area contributed by atoms with Crippen LogP contribution < -0.4 is 15.4 Å². The Labute approximate surface area is 135 Å². The molecule has 0 aromatic heterocycles. The number of ether oxygens (including phenoxy) is 1. The molecule has 0 aliphatic rings. The minimum Gasteiger partial charge on any atom is -0.497 e. The predicted molar refractivity (Wildman–Crippen MR) is 89.7 cm³/mol. The van der Waals surface area contributed by atoms with E-state index in [-0.39, 0.29) is 0 Å². The van der Waals surface area contributed by atoms with Crippen molar-refractivity contribution in [3.8, 4) is 5.75 Å². The molecular weight excluding hydrogens is 307 g/mol. The number of nitrogens with one attached hydrogen (secondary N) is 2. The van der Waals surface area contributed by atoms with Gasteiger partial charge in [-0.1, -0.05) is 35.3 Å². The zero-order valence-electron chi connectivity index (χ0n) is 11.8.